The average Bonchev–Trinajstić information content (AvgIpc) is 3.31. The predicted molar refractivity (Wildman–Crippen MR) is 119 cm³/mol. The second-order valence-corrected chi connectivity index (χ2v) is 6.81. The quantitative estimate of drug-likeness (QED) is 0.314. The highest BCUT2D eigenvalue weighted by Crippen LogP contribution is 2.29. The topological polar surface area (TPSA) is 94.7 Å². The highest BCUT2D eigenvalue weighted by molar-refractivity contribution is 6.06. The molecule has 1 aromatic heterocycles. The van der Waals surface area contributed by atoms with Crippen LogP contribution in [0.25, 0.3) is 17.5 Å². The first-order chi connectivity index (χ1) is 15.6. The lowest BCUT2D eigenvalue weighted by Crippen LogP contribution is -1.98. The minimum absolute atomic E-state index is 0.0880. The fraction of sp³-hybridized carbons (Fsp3) is 0.0800. The van der Waals surface area contributed by atoms with Crippen LogP contribution >= 0.6 is 0 Å². The monoisotopic (exact) mass is 428 g/mol. The van der Waals surface area contributed by atoms with Gasteiger partial charge in [-0.3, -0.25) is 4.79 Å². The smallest absolute Gasteiger partial charge is 0.254 e. The Morgan fingerprint density at radius 1 is 1.00 bits per heavy atom. The number of ether oxygens (including phenoxy) is 2. The van der Waals surface area contributed by atoms with Gasteiger partial charge in [0, 0.05) is 11.1 Å². The first-order valence-electron chi connectivity index (χ1n) is 9.82. The summed E-state index contributed by atoms with van der Waals surface area (Å²) in [4.78, 5) is 12.3. The molecule has 0 aliphatic heterocycles. The van der Waals surface area contributed by atoms with E-state index in [-0.39, 0.29) is 18.1 Å². The molecule has 3 aromatic carbocycles. The van der Waals surface area contributed by atoms with Crippen molar-refractivity contribution in [1.82, 2.24) is 10.2 Å². The van der Waals surface area contributed by atoms with E-state index in [0.29, 0.717) is 28.8 Å². The molecule has 4 aromatic rings. The molecule has 0 aliphatic rings. The Bertz CT molecular complexity index is 1230. The lowest BCUT2D eigenvalue weighted by molar-refractivity contribution is 0.104. The van der Waals surface area contributed by atoms with Crippen molar-refractivity contribution in [3.63, 3.8) is 0 Å². The molecule has 7 heteroatoms. The molecule has 32 heavy (non-hydrogen) atoms. The third-order valence-corrected chi connectivity index (χ3v) is 4.61. The van der Waals surface area contributed by atoms with Crippen molar-refractivity contribution in [2.45, 2.75) is 6.61 Å². The number of methoxy groups -OCH3 is 1. The van der Waals surface area contributed by atoms with Gasteiger partial charge in [0.15, 0.2) is 23.9 Å². The van der Waals surface area contributed by atoms with E-state index >= 15 is 0 Å². The molecular formula is C25H20N2O5. The van der Waals surface area contributed by atoms with E-state index in [1.54, 1.807) is 30.3 Å². The largest absolute Gasteiger partial charge is 0.508 e. The van der Waals surface area contributed by atoms with Gasteiger partial charge in [-0.25, -0.2) is 0 Å². The van der Waals surface area contributed by atoms with Crippen molar-refractivity contribution in [3.05, 3.63) is 95.9 Å². The minimum Gasteiger partial charge on any atom is -0.508 e. The van der Waals surface area contributed by atoms with Crippen molar-refractivity contribution in [2.24, 2.45) is 0 Å². The van der Waals surface area contributed by atoms with Crippen LogP contribution in [0.5, 0.6) is 17.2 Å². The van der Waals surface area contributed by atoms with Gasteiger partial charge >= 0.3 is 0 Å². The van der Waals surface area contributed by atoms with Crippen LogP contribution in [0.4, 0.5) is 0 Å². The Morgan fingerprint density at radius 2 is 1.78 bits per heavy atom. The summed E-state index contributed by atoms with van der Waals surface area (Å²) in [6.45, 7) is 0.0880. The van der Waals surface area contributed by atoms with Gasteiger partial charge in [-0.05, 0) is 60.2 Å². The molecule has 1 heterocycles. The molecule has 0 amide bonds. The van der Waals surface area contributed by atoms with Crippen LogP contribution in [-0.4, -0.2) is 28.2 Å². The summed E-state index contributed by atoms with van der Waals surface area (Å²) in [5, 5.41) is 17.4. The van der Waals surface area contributed by atoms with E-state index < -0.39 is 0 Å². The molecule has 0 radical (unpaired) electrons. The van der Waals surface area contributed by atoms with Crippen molar-refractivity contribution in [2.75, 3.05) is 7.11 Å². The molecule has 0 aliphatic carbocycles. The van der Waals surface area contributed by atoms with Crippen LogP contribution in [0.1, 0.15) is 21.8 Å². The number of ketones is 1. The Labute approximate surface area is 184 Å². The maximum Gasteiger partial charge on any atom is 0.254 e. The van der Waals surface area contributed by atoms with E-state index in [4.69, 9.17) is 13.9 Å². The molecule has 0 bridgehead atoms. The SMILES string of the molecule is COc1cc(/C=C/C(=O)c2ccc(O)cc2)ccc1OCc1nnc(-c2ccccc2)o1. The van der Waals surface area contributed by atoms with Crippen LogP contribution in [0, 0.1) is 0 Å². The fourth-order valence-corrected chi connectivity index (χ4v) is 2.95. The molecule has 4 rings (SSSR count). The Balaban J connectivity index is 1.42. The number of nitrogens with zero attached hydrogens (tertiary/aromatic N) is 2. The number of carbonyl (C=O) groups excluding carboxylic acids is 1. The van der Waals surface area contributed by atoms with Crippen LogP contribution in [0.2, 0.25) is 0 Å². The van der Waals surface area contributed by atoms with E-state index in [9.17, 15) is 9.90 Å². The normalized spacial score (nSPS) is 10.9. The number of phenolic OH excluding ortho intramolecular Hbond substituents is 1. The lowest BCUT2D eigenvalue weighted by Gasteiger charge is -2.10. The van der Waals surface area contributed by atoms with Crippen molar-refractivity contribution in [1.29, 1.82) is 0 Å². The lowest BCUT2D eigenvalue weighted by atomic mass is 10.1. The first-order valence-corrected chi connectivity index (χ1v) is 9.82. The van der Waals surface area contributed by atoms with E-state index in [1.807, 2.05) is 36.4 Å². The summed E-state index contributed by atoms with van der Waals surface area (Å²) in [7, 11) is 1.54. The third-order valence-electron chi connectivity index (χ3n) is 4.61. The van der Waals surface area contributed by atoms with Gasteiger partial charge in [0.2, 0.25) is 5.89 Å². The Kier molecular flexibility index (Phi) is 6.27. The zero-order valence-electron chi connectivity index (χ0n) is 17.3. The number of hydrogen-bond acceptors (Lipinski definition) is 7. The molecule has 0 saturated heterocycles. The number of rotatable bonds is 8. The molecule has 0 unspecified atom stereocenters. The van der Waals surface area contributed by atoms with Crippen molar-refractivity contribution < 1.29 is 23.8 Å². The molecule has 1 N–H and O–H groups in total. The summed E-state index contributed by atoms with van der Waals surface area (Å²) in [5.41, 5.74) is 2.09. The predicted octanol–water partition coefficient (Wildman–Crippen LogP) is 4.93. The van der Waals surface area contributed by atoms with Crippen LogP contribution in [-0.2, 0) is 6.61 Å². The number of benzene rings is 3. The van der Waals surface area contributed by atoms with Gasteiger partial charge in [0.25, 0.3) is 5.89 Å². The summed E-state index contributed by atoms with van der Waals surface area (Å²) >= 11 is 0. The summed E-state index contributed by atoms with van der Waals surface area (Å²) in [6, 6.07) is 20.9. The molecule has 0 atom stereocenters. The van der Waals surface area contributed by atoms with E-state index in [2.05, 4.69) is 10.2 Å². The van der Waals surface area contributed by atoms with Crippen molar-refractivity contribution >= 4 is 11.9 Å². The zero-order chi connectivity index (χ0) is 22.3. The summed E-state index contributed by atoms with van der Waals surface area (Å²) in [5.74, 6) is 1.72. The van der Waals surface area contributed by atoms with E-state index in [0.717, 1.165) is 11.1 Å². The Morgan fingerprint density at radius 3 is 2.53 bits per heavy atom. The minimum atomic E-state index is -0.171. The van der Waals surface area contributed by atoms with Gasteiger partial charge < -0.3 is 19.0 Å². The molecule has 0 saturated carbocycles. The molecule has 160 valence electrons. The number of aromatic nitrogens is 2. The fourth-order valence-electron chi connectivity index (χ4n) is 2.95. The highest BCUT2D eigenvalue weighted by Gasteiger charge is 2.11. The molecule has 0 fully saturated rings. The number of aromatic hydroxyl groups is 1. The number of hydrogen-bond donors (Lipinski definition) is 1. The molecule has 0 spiro atoms. The van der Waals surface area contributed by atoms with Gasteiger partial charge in [-0.15, -0.1) is 10.2 Å². The maximum absolute atomic E-state index is 12.3. The van der Waals surface area contributed by atoms with Gasteiger partial charge in [-0.2, -0.15) is 0 Å². The number of carbonyl (C=O) groups is 1. The van der Waals surface area contributed by atoms with E-state index in [1.165, 1.54) is 25.3 Å². The maximum atomic E-state index is 12.3. The third kappa shape index (κ3) is 5.02. The van der Waals surface area contributed by atoms with Crippen LogP contribution < -0.4 is 9.47 Å². The van der Waals surface area contributed by atoms with Gasteiger partial charge in [0.05, 0.1) is 7.11 Å². The second-order valence-electron chi connectivity index (χ2n) is 6.81. The Hall–Kier alpha value is -4.39. The van der Waals surface area contributed by atoms with Crippen molar-refractivity contribution in [3.8, 4) is 28.7 Å². The zero-order valence-corrected chi connectivity index (χ0v) is 17.3. The highest BCUT2D eigenvalue weighted by atomic mass is 16.5. The molecule has 7 nitrogen and oxygen atoms in total. The summed E-state index contributed by atoms with van der Waals surface area (Å²) < 4.78 is 16.9. The van der Waals surface area contributed by atoms with Crippen LogP contribution in [0.15, 0.2) is 83.3 Å². The van der Waals surface area contributed by atoms with Gasteiger partial charge in [0.1, 0.15) is 5.75 Å². The standard InChI is InChI=1S/C25H20N2O5/c1-30-23-15-17(7-13-21(29)18-9-11-20(28)12-10-18)8-14-22(23)31-16-24-26-27-25(32-24)19-5-3-2-4-6-19/h2-15,28H,16H2,1H3/b13-7+. The number of phenols is 1. The van der Waals surface area contributed by atoms with Crippen LogP contribution in [0.3, 0.4) is 0 Å². The average molecular weight is 428 g/mol. The summed E-state index contributed by atoms with van der Waals surface area (Å²) in [6.07, 6.45) is 3.15. The first kappa shape index (κ1) is 20.9. The molecular weight excluding hydrogens is 408 g/mol. The number of allylic oxidation sites excluding steroid dienone is 1. The second kappa shape index (κ2) is 9.61. The van der Waals surface area contributed by atoms with Gasteiger partial charge in [-0.1, -0.05) is 30.3 Å².